The van der Waals surface area contributed by atoms with Gasteiger partial charge in [0.05, 0.1) is 0 Å². The van der Waals surface area contributed by atoms with E-state index in [4.69, 9.17) is 0 Å². The van der Waals surface area contributed by atoms with E-state index in [0.29, 0.717) is 12.8 Å². The van der Waals surface area contributed by atoms with E-state index in [1.54, 1.807) is 6.33 Å². The molecule has 0 aliphatic rings. The molecule has 0 saturated heterocycles. The monoisotopic (exact) mass is 189 g/mol. The van der Waals surface area contributed by atoms with Gasteiger partial charge >= 0.3 is 0 Å². The molecule has 0 bridgehead atoms. The highest BCUT2D eigenvalue weighted by atomic mass is 15.0. The Kier molecular flexibility index (Phi) is 3.51. The minimum absolute atomic E-state index is 0.714. The topological polar surface area (TPSA) is 38.7 Å². The highest BCUT2D eigenvalue weighted by Gasteiger charge is 2.01. The summed E-state index contributed by atoms with van der Waals surface area (Å²) < 4.78 is 0. The predicted octanol–water partition coefficient (Wildman–Crippen LogP) is 2.11. The molecule has 1 heterocycles. The van der Waals surface area contributed by atoms with Gasteiger partial charge in [0.1, 0.15) is 18.0 Å². The van der Waals surface area contributed by atoms with Crippen LogP contribution in [0.15, 0.2) is 30.6 Å². The van der Waals surface area contributed by atoms with Crippen LogP contribution in [0.5, 0.6) is 0 Å². The molecule has 0 aromatic carbocycles. The number of rotatable bonds is 4. The minimum Gasteiger partial charge on any atom is -0.221 e. The van der Waals surface area contributed by atoms with Crippen molar-refractivity contribution in [1.82, 2.24) is 15.0 Å². The molecule has 0 saturated carbocycles. The smallest absolute Gasteiger partial charge is 0.136 e. The van der Waals surface area contributed by atoms with Gasteiger partial charge in [-0.25, -0.2) is 15.0 Å². The van der Waals surface area contributed by atoms with E-state index in [-0.39, 0.29) is 0 Å². The molecule has 0 N–H and O–H groups in total. The molecule has 0 spiro atoms. The van der Waals surface area contributed by atoms with Gasteiger partial charge in [0.25, 0.3) is 0 Å². The molecule has 74 valence electrons. The zero-order valence-electron chi connectivity index (χ0n) is 8.75. The van der Waals surface area contributed by atoms with Crippen molar-refractivity contribution in [2.45, 2.75) is 26.7 Å². The largest absolute Gasteiger partial charge is 0.221 e. The minimum atomic E-state index is 0.714. The van der Waals surface area contributed by atoms with Crippen LogP contribution in [-0.4, -0.2) is 15.0 Å². The molecule has 14 heavy (non-hydrogen) atoms. The Bertz CT molecular complexity index is 324. The SMILES string of the molecule is C=C(C)Cc1ncnc(CC(=C)C)n1. The van der Waals surface area contributed by atoms with Crippen LogP contribution in [0.25, 0.3) is 0 Å². The van der Waals surface area contributed by atoms with E-state index in [0.717, 1.165) is 22.8 Å². The van der Waals surface area contributed by atoms with Crippen molar-refractivity contribution in [3.63, 3.8) is 0 Å². The molecule has 0 aliphatic carbocycles. The Morgan fingerprint density at radius 2 is 1.50 bits per heavy atom. The van der Waals surface area contributed by atoms with Gasteiger partial charge in [-0.05, 0) is 13.8 Å². The zero-order valence-corrected chi connectivity index (χ0v) is 8.75. The lowest BCUT2D eigenvalue weighted by molar-refractivity contribution is 0.840. The quantitative estimate of drug-likeness (QED) is 0.681. The number of hydrogen-bond donors (Lipinski definition) is 0. The third-order valence-corrected chi connectivity index (χ3v) is 1.59. The van der Waals surface area contributed by atoms with E-state index in [1.165, 1.54) is 0 Å². The summed E-state index contributed by atoms with van der Waals surface area (Å²) in [6.07, 6.45) is 2.97. The summed E-state index contributed by atoms with van der Waals surface area (Å²) in [7, 11) is 0. The van der Waals surface area contributed by atoms with E-state index in [1.807, 2.05) is 13.8 Å². The van der Waals surface area contributed by atoms with Crippen LogP contribution < -0.4 is 0 Å². The first-order valence-corrected chi connectivity index (χ1v) is 4.53. The van der Waals surface area contributed by atoms with Gasteiger partial charge in [-0.1, -0.05) is 24.3 Å². The third-order valence-electron chi connectivity index (χ3n) is 1.59. The Balaban J connectivity index is 2.78. The molecule has 0 unspecified atom stereocenters. The summed E-state index contributed by atoms with van der Waals surface area (Å²) in [5.74, 6) is 1.56. The van der Waals surface area contributed by atoms with Gasteiger partial charge in [-0.3, -0.25) is 0 Å². The average Bonchev–Trinajstić information content (AvgIpc) is 2.01. The number of allylic oxidation sites excluding steroid dienone is 2. The van der Waals surface area contributed by atoms with Crippen LogP contribution in [0, 0.1) is 0 Å². The second-order valence-corrected chi connectivity index (χ2v) is 3.59. The fraction of sp³-hybridized carbons (Fsp3) is 0.364. The van der Waals surface area contributed by atoms with Crippen molar-refractivity contribution in [2.24, 2.45) is 0 Å². The van der Waals surface area contributed by atoms with Crippen molar-refractivity contribution in [3.8, 4) is 0 Å². The maximum Gasteiger partial charge on any atom is 0.136 e. The first-order chi connectivity index (χ1) is 6.58. The maximum atomic E-state index is 4.31. The fourth-order valence-corrected chi connectivity index (χ4v) is 1.08. The van der Waals surface area contributed by atoms with E-state index >= 15 is 0 Å². The van der Waals surface area contributed by atoms with Gasteiger partial charge in [-0.15, -0.1) is 0 Å². The van der Waals surface area contributed by atoms with Gasteiger partial charge in [0, 0.05) is 12.8 Å². The van der Waals surface area contributed by atoms with Crippen molar-refractivity contribution in [1.29, 1.82) is 0 Å². The van der Waals surface area contributed by atoms with E-state index < -0.39 is 0 Å². The summed E-state index contributed by atoms with van der Waals surface area (Å²) in [4.78, 5) is 12.5. The van der Waals surface area contributed by atoms with Crippen molar-refractivity contribution >= 4 is 0 Å². The molecule has 3 heteroatoms. The summed E-state index contributed by atoms with van der Waals surface area (Å²) in [6, 6.07) is 0. The van der Waals surface area contributed by atoms with Gasteiger partial charge in [0.15, 0.2) is 0 Å². The first-order valence-electron chi connectivity index (χ1n) is 4.53. The Morgan fingerprint density at radius 1 is 1.07 bits per heavy atom. The molecule has 0 radical (unpaired) electrons. The van der Waals surface area contributed by atoms with Crippen LogP contribution in [0.3, 0.4) is 0 Å². The van der Waals surface area contributed by atoms with Crippen molar-refractivity contribution in [3.05, 3.63) is 42.3 Å². The van der Waals surface area contributed by atoms with Crippen LogP contribution in [0.2, 0.25) is 0 Å². The summed E-state index contributed by atoms with van der Waals surface area (Å²) in [5, 5.41) is 0. The molecule has 1 aromatic rings. The molecule has 0 fully saturated rings. The van der Waals surface area contributed by atoms with E-state index in [2.05, 4.69) is 28.1 Å². The van der Waals surface area contributed by atoms with Gasteiger partial charge in [0.2, 0.25) is 0 Å². The summed E-state index contributed by atoms with van der Waals surface area (Å²) in [5.41, 5.74) is 2.11. The van der Waals surface area contributed by atoms with Crippen LogP contribution in [0.4, 0.5) is 0 Å². The second kappa shape index (κ2) is 4.65. The Morgan fingerprint density at radius 3 is 1.86 bits per heavy atom. The maximum absolute atomic E-state index is 4.31. The van der Waals surface area contributed by atoms with Gasteiger partial charge < -0.3 is 0 Å². The van der Waals surface area contributed by atoms with Crippen molar-refractivity contribution < 1.29 is 0 Å². The molecule has 1 aromatic heterocycles. The normalized spacial score (nSPS) is 9.86. The highest BCUT2D eigenvalue weighted by molar-refractivity contribution is 5.06. The van der Waals surface area contributed by atoms with Crippen molar-refractivity contribution in [2.75, 3.05) is 0 Å². The average molecular weight is 189 g/mol. The standard InChI is InChI=1S/C11H15N3/c1-8(2)5-10-12-7-13-11(14-10)6-9(3)4/h7H,1,3,5-6H2,2,4H3. The molecular formula is C11H15N3. The van der Waals surface area contributed by atoms with Crippen LogP contribution >= 0.6 is 0 Å². The summed E-state index contributed by atoms with van der Waals surface area (Å²) in [6.45, 7) is 11.6. The fourth-order valence-electron chi connectivity index (χ4n) is 1.08. The molecule has 1 rings (SSSR count). The molecule has 0 amide bonds. The first kappa shape index (κ1) is 10.6. The predicted molar refractivity (Wildman–Crippen MR) is 56.9 cm³/mol. The lowest BCUT2D eigenvalue weighted by Crippen LogP contribution is -2.02. The lowest BCUT2D eigenvalue weighted by atomic mass is 10.2. The molecule has 0 atom stereocenters. The zero-order chi connectivity index (χ0) is 10.6. The molecule has 0 aliphatic heterocycles. The van der Waals surface area contributed by atoms with Crippen LogP contribution in [0.1, 0.15) is 25.5 Å². The Hall–Kier alpha value is -1.51. The second-order valence-electron chi connectivity index (χ2n) is 3.59. The molecule has 3 nitrogen and oxygen atoms in total. The van der Waals surface area contributed by atoms with Crippen LogP contribution in [-0.2, 0) is 12.8 Å². The third kappa shape index (κ3) is 3.47. The molecular weight excluding hydrogens is 174 g/mol. The number of aromatic nitrogens is 3. The highest BCUT2D eigenvalue weighted by Crippen LogP contribution is 2.02. The lowest BCUT2D eigenvalue weighted by Gasteiger charge is -2.01. The van der Waals surface area contributed by atoms with E-state index in [9.17, 15) is 0 Å². The Labute approximate surface area is 84.6 Å². The number of nitrogens with zero attached hydrogens (tertiary/aromatic N) is 3. The summed E-state index contributed by atoms with van der Waals surface area (Å²) >= 11 is 0. The van der Waals surface area contributed by atoms with Gasteiger partial charge in [-0.2, -0.15) is 0 Å². The number of hydrogen-bond acceptors (Lipinski definition) is 3.